The molecule has 0 fully saturated rings. The molecular weight excluding hydrogens is 279 g/mol. The molecule has 0 aliphatic rings. The second-order valence-electron chi connectivity index (χ2n) is 4.12. The molecule has 0 aliphatic carbocycles. The highest BCUT2D eigenvalue weighted by Gasteiger charge is 2.31. The van der Waals surface area contributed by atoms with Crippen molar-refractivity contribution in [1.82, 2.24) is 0 Å². The van der Waals surface area contributed by atoms with Crippen LogP contribution in [0.2, 0.25) is 5.02 Å². The number of anilines is 1. The molecule has 1 aromatic rings. The van der Waals surface area contributed by atoms with Crippen molar-refractivity contribution in [3.63, 3.8) is 0 Å². The summed E-state index contributed by atoms with van der Waals surface area (Å²) in [5, 5.41) is 2.92. The number of alkyl halides is 3. The van der Waals surface area contributed by atoms with Crippen LogP contribution >= 0.6 is 11.6 Å². The van der Waals surface area contributed by atoms with E-state index in [0.29, 0.717) is 25.4 Å². The molecule has 108 valence electrons. The van der Waals surface area contributed by atoms with Gasteiger partial charge in [-0.05, 0) is 24.6 Å². The van der Waals surface area contributed by atoms with Crippen molar-refractivity contribution < 1.29 is 17.9 Å². The van der Waals surface area contributed by atoms with Crippen LogP contribution in [0.1, 0.15) is 25.3 Å². The largest absolute Gasteiger partial charge is 0.416 e. The first-order valence-corrected chi connectivity index (χ1v) is 6.50. The molecular formula is C13H17ClF3NO. The van der Waals surface area contributed by atoms with Crippen molar-refractivity contribution in [2.75, 3.05) is 25.1 Å². The first-order chi connectivity index (χ1) is 8.93. The Morgan fingerprint density at radius 2 is 1.95 bits per heavy atom. The lowest BCUT2D eigenvalue weighted by Gasteiger charge is -2.11. The van der Waals surface area contributed by atoms with Crippen molar-refractivity contribution >= 4 is 17.3 Å². The molecule has 0 amide bonds. The van der Waals surface area contributed by atoms with Crippen molar-refractivity contribution in [3.8, 4) is 0 Å². The molecule has 1 aromatic carbocycles. The fourth-order valence-corrected chi connectivity index (χ4v) is 1.71. The SMILES string of the molecule is CCCCOCCNc1cc(Cl)cc(C(F)(F)F)c1. The Morgan fingerprint density at radius 3 is 2.58 bits per heavy atom. The van der Waals surface area contributed by atoms with Gasteiger partial charge in [-0.25, -0.2) is 0 Å². The average Bonchev–Trinajstić information content (AvgIpc) is 2.32. The maximum absolute atomic E-state index is 12.6. The van der Waals surface area contributed by atoms with Gasteiger partial charge in [-0.3, -0.25) is 0 Å². The van der Waals surface area contributed by atoms with Gasteiger partial charge in [-0.2, -0.15) is 13.2 Å². The van der Waals surface area contributed by atoms with Gasteiger partial charge in [0.05, 0.1) is 12.2 Å². The molecule has 1 rings (SSSR count). The Morgan fingerprint density at radius 1 is 1.21 bits per heavy atom. The monoisotopic (exact) mass is 295 g/mol. The number of benzene rings is 1. The molecule has 0 saturated heterocycles. The van der Waals surface area contributed by atoms with Crippen LogP contribution in [-0.4, -0.2) is 19.8 Å². The summed E-state index contributed by atoms with van der Waals surface area (Å²) in [5.74, 6) is 0. The molecule has 0 atom stereocenters. The number of nitrogens with one attached hydrogen (secondary N) is 1. The number of hydrogen-bond donors (Lipinski definition) is 1. The first kappa shape index (κ1) is 16.1. The first-order valence-electron chi connectivity index (χ1n) is 6.13. The molecule has 0 unspecified atom stereocenters. The number of hydrogen-bond acceptors (Lipinski definition) is 2. The molecule has 6 heteroatoms. The molecule has 19 heavy (non-hydrogen) atoms. The summed E-state index contributed by atoms with van der Waals surface area (Å²) in [6, 6.07) is 3.41. The Hall–Kier alpha value is -0.940. The van der Waals surface area contributed by atoms with Gasteiger partial charge < -0.3 is 10.1 Å². The molecule has 2 nitrogen and oxygen atoms in total. The smallest absolute Gasteiger partial charge is 0.383 e. The standard InChI is InChI=1S/C13H17ClF3NO/c1-2-3-5-19-6-4-18-12-8-10(13(15,16)17)7-11(14)9-12/h7-9,18H,2-6H2,1H3. The Labute approximate surface area is 115 Å². The van der Waals surface area contributed by atoms with E-state index < -0.39 is 11.7 Å². The van der Waals surface area contributed by atoms with Crippen molar-refractivity contribution in [2.45, 2.75) is 25.9 Å². The lowest BCUT2D eigenvalue weighted by molar-refractivity contribution is -0.137. The highest BCUT2D eigenvalue weighted by Crippen LogP contribution is 2.33. The van der Waals surface area contributed by atoms with Crippen LogP contribution in [0.4, 0.5) is 18.9 Å². The number of halogens is 4. The van der Waals surface area contributed by atoms with Crippen LogP contribution in [0.25, 0.3) is 0 Å². The highest BCUT2D eigenvalue weighted by molar-refractivity contribution is 6.30. The number of unbranched alkanes of at least 4 members (excludes halogenated alkanes) is 1. The molecule has 0 spiro atoms. The van der Waals surface area contributed by atoms with E-state index in [9.17, 15) is 13.2 Å². The van der Waals surface area contributed by atoms with E-state index in [-0.39, 0.29) is 5.02 Å². The zero-order valence-corrected chi connectivity index (χ0v) is 11.4. The molecule has 1 N–H and O–H groups in total. The second kappa shape index (κ2) is 7.60. The van der Waals surface area contributed by atoms with E-state index in [0.717, 1.165) is 25.0 Å². The molecule has 0 heterocycles. The lowest BCUT2D eigenvalue weighted by atomic mass is 10.2. The minimum Gasteiger partial charge on any atom is -0.383 e. The summed E-state index contributed by atoms with van der Waals surface area (Å²) in [5.41, 5.74) is -0.409. The molecule has 0 radical (unpaired) electrons. The van der Waals surface area contributed by atoms with Gasteiger partial charge in [-0.15, -0.1) is 0 Å². The van der Waals surface area contributed by atoms with Crippen LogP contribution < -0.4 is 5.32 Å². The van der Waals surface area contributed by atoms with E-state index >= 15 is 0 Å². The fraction of sp³-hybridized carbons (Fsp3) is 0.538. The molecule has 0 aromatic heterocycles. The third-order valence-electron chi connectivity index (χ3n) is 2.44. The summed E-state index contributed by atoms with van der Waals surface area (Å²) < 4.78 is 43.0. The van der Waals surface area contributed by atoms with Crippen molar-refractivity contribution in [3.05, 3.63) is 28.8 Å². The topological polar surface area (TPSA) is 21.3 Å². The molecule has 0 aliphatic heterocycles. The van der Waals surface area contributed by atoms with Gasteiger partial charge in [0.15, 0.2) is 0 Å². The van der Waals surface area contributed by atoms with Gasteiger partial charge in [0.25, 0.3) is 0 Å². The Kier molecular flexibility index (Phi) is 6.45. The third-order valence-corrected chi connectivity index (χ3v) is 2.66. The van der Waals surface area contributed by atoms with Crippen LogP contribution in [0, 0.1) is 0 Å². The summed E-state index contributed by atoms with van der Waals surface area (Å²) >= 11 is 5.67. The fourth-order valence-electron chi connectivity index (χ4n) is 1.47. The van der Waals surface area contributed by atoms with E-state index in [2.05, 4.69) is 12.2 Å². The average molecular weight is 296 g/mol. The van der Waals surface area contributed by atoms with Crippen molar-refractivity contribution in [2.24, 2.45) is 0 Å². The van der Waals surface area contributed by atoms with Crippen LogP contribution in [-0.2, 0) is 10.9 Å². The minimum atomic E-state index is -4.39. The Bertz CT molecular complexity index is 396. The number of rotatable bonds is 7. The van der Waals surface area contributed by atoms with Gasteiger partial charge >= 0.3 is 6.18 Å². The van der Waals surface area contributed by atoms with Gasteiger partial charge in [0.1, 0.15) is 0 Å². The Balaban J connectivity index is 2.48. The quantitative estimate of drug-likeness (QED) is 0.743. The third kappa shape index (κ3) is 6.16. The predicted octanol–water partition coefficient (Wildman–Crippen LogP) is 4.59. The summed E-state index contributed by atoms with van der Waals surface area (Å²) in [6.07, 6.45) is -2.36. The van der Waals surface area contributed by atoms with E-state index in [1.54, 1.807) is 0 Å². The normalized spacial score (nSPS) is 11.6. The summed E-state index contributed by atoms with van der Waals surface area (Å²) in [4.78, 5) is 0. The predicted molar refractivity (Wildman–Crippen MR) is 70.7 cm³/mol. The maximum Gasteiger partial charge on any atom is 0.416 e. The molecule has 0 bridgehead atoms. The van der Waals surface area contributed by atoms with Crippen molar-refractivity contribution in [1.29, 1.82) is 0 Å². The van der Waals surface area contributed by atoms with E-state index in [4.69, 9.17) is 16.3 Å². The maximum atomic E-state index is 12.6. The van der Waals surface area contributed by atoms with Crippen LogP contribution in [0.5, 0.6) is 0 Å². The highest BCUT2D eigenvalue weighted by atomic mass is 35.5. The zero-order chi connectivity index (χ0) is 14.3. The second-order valence-corrected chi connectivity index (χ2v) is 4.56. The minimum absolute atomic E-state index is 0.0595. The van der Waals surface area contributed by atoms with Gasteiger partial charge in [0.2, 0.25) is 0 Å². The summed E-state index contributed by atoms with van der Waals surface area (Å²) in [7, 11) is 0. The lowest BCUT2D eigenvalue weighted by Crippen LogP contribution is -2.11. The van der Waals surface area contributed by atoms with E-state index in [1.807, 2.05) is 0 Å². The molecule has 0 saturated carbocycles. The van der Waals surface area contributed by atoms with Crippen LogP contribution in [0.3, 0.4) is 0 Å². The van der Waals surface area contributed by atoms with Gasteiger partial charge in [-0.1, -0.05) is 24.9 Å². The zero-order valence-electron chi connectivity index (χ0n) is 10.7. The number of ether oxygens (including phenoxy) is 1. The summed E-state index contributed by atoms with van der Waals surface area (Å²) in [6.45, 7) is 3.63. The van der Waals surface area contributed by atoms with E-state index in [1.165, 1.54) is 6.07 Å². The van der Waals surface area contributed by atoms with Crippen LogP contribution in [0.15, 0.2) is 18.2 Å². The van der Waals surface area contributed by atoms with Gasteiger partial charge in [0, 0.05) is 23.9 Å².